The van der Waals surface area contributed by atoms with E-state index in [4.69, 9.17) is 4.74 Å². The molecule has 3 aromatic rings. The maximum Gasteiger partial charge on any atom is 0.194 e. The van der Waals surface area contributed by atoms with Crippen LogP contribution >= 0.6 is 0 Å². The predicted molar refractivity (Wildman–Crippen MR) is 84.6 cm³/mol. The maximum absolute atomic E-state index is 12.1. The quantitative estimate of drug-likeness (QED) is 0.743. The van der Waals surface area contributed by atoms with Crippen molar-refractivity contribution in [3.63, 3.8) is 0 Å². The van der Waals surface area contributed by atoms with Crippen LogP contribution in [0.4, 0.5) is 0 Å². The number of benzene rings is 2. The summed E-state index contributed by atoms with van der Waals surface area (Å²) in [6, 6.07) is 14.4. The molecule has 0 amide bonds. The molecule has 5 nitrogen and oxygen atoms in total. The third kappa shape index (κ3) is 2.65. The fraction of sp³-hybridized carbons (Fsp3) is 0.125. The highest BCUT2D eigenvalue weighted by atomic mass is 32.2. The van der Waals surface area contributed by atoms with E-state index in [0.717, 1.165) is 6.26 Å². The normalized spacial score (nSPS) is 11.5. The van der Waals surface area contributed by atoms with Gasteiger partial charge in [0.15, 0.2) is 14.9 Å². The van der Waals surface area contributed by atoms with Crippen LogP contribution in [-0.2, 0) is 9.84 Å². The number of methoxy groups -OCH3 is 1. The zero-order valence-corrected chi connectivity index (χ0v) is 13.0. The average molecular weight is 314 g/mol. The molecule has 0 N–H and O–H groups in total. The highest BCUT2D eigenvalue weighted by Gasteiger charge is 2.19. The molecule has 0 saturated carbocycles. The number of hydrogen-bond acceptors (Lipinski definition) is 5. The summed E-state index contributed by atoms with van der Waals surface area (Å²) < 4.78 is 29.3. The summed E-state index contributed by atoms with van der Waals surface area (Å²) in [6.45, 7) is 0. The molecule has 0 aliphatic heterocycles. The maximum atomic E-state index is 12.1. The number of fused-ring (bicyclic) bond motifs is 1. The molecule has 0 aliphatic carbocycles. The van der Waals surface area contributed by atoms with E-state index in [-0.39, 0.29) is 5.03 Å². The first-order valence-corrected chi connectivity index (χ1v) is 8.49. The van der Waals surface area contributed by atoms with Crippen molar-refractivity contribution < 1.29 is 13.2 Å². The highest BCUT2D eigenvalue weighted by Crippen LogP contribution is 2.27. The summed E-state index contributed by atoms with van der Waals surface area (Å²) in [7, 11) is -1.96. The van der Waals surface area contributed by atoms with Gasteiger partial charge in [0.2, 0.25) is 0 Å². The minimum Gasteiger partial charge on any atom is -0.497 e. The summed E-state index contributed by atoms with van der Waals surface area (Å²) >= 11 is 0. The lowest BCUT2D eigenvalue weighted by molar-refractivity contribution is 0.415. The molecule has 0 spiro atoms. The zero-order chi connectivity index (χ0) is 15.7. The fourth-order valence-electron chi connectivity index (χ4n) is 2.19. The molecule has 3 rings (SSSR count). The van der Waals surface area contributed by atoms with Crippen molar-refractivity contribution in [3.05, 3.63) is 48.5 Å². The third-order valence-corrected chi connectivity index (χ3v) is 4.22. The molecule has 6 heteroatoms. The van der Waals surface area contributed by atoms with E-state index in [1.165, 1.54) is 0 Å². The average Bonchev–Trinajstić information content (AvgIpc) is 2.53. The molecule has 22 heavy (non-hydrogen) atoms. The summed E-state index contributed by atoms with van der Waals surface area (Å²) in [5.74, 6) is 0.605. The van der Waals surface area contributed by atoms with Crippen LogP contribution in [0.15, 0.2) is 53.6 Å². The lowest BCUT2D eigenvalue weighted by Crippen LogP contribution is -2.06. The Morgan fingerprint density at radius 3 is 2.32 bits per heavy atom. The molecular weight excluding hydrogens is 300 g/mol. The first-order chi connectivity index (χ1) is 10.5. The van der Waals surface area contributed by atoms with E-state index < -0.39 is 9.84 Å². The van der Waals surface area contributed by atoms with Crippen molar-refractivity contribution in [1.29, 1.82) is 0 Å². The molecule has 2 aromatic carbocycles. The monoisotopic (exact) mass is 314 g/mol. The van der Waals surface area contributed by atoms with Gasteiger partial charge in [-0.2, -0.15) is 0 Å². The van der Waals surface area contributed by atoms with Gasteiger partial charge < -0.3 is 4.74 Å². The lowest BCUT2D eigenvalue weighted by Gasteiger charge is -2.09. The Labute approximate surface area is 128 Å². The second-order valence-electron chi connectivity index (χ2n) is 4.87. The van der Waals surface area contributed by atoms with Crippen molar-refractivity contribution in [2.45, 2.75) is 5.03 Å². The van der Waals surface area contributed by atoms with Crippen molar-refractivity contribution in [1.82, 2.24) is 9.97 Å². The molecular formula is C16H14N2O3S. The second-order valence-corrected chi connectivity index (χ2v) is 6.80. The fourth-order valence-corrected chi connectivity index (χ4v) is 2.97. The summed E-state index contributed by atoms with van der Waals surface area (Å²) in [5, 5.41) is -0.0283. The highest BCUT2D eigenvalue weighted by molar-refractivity contribution is 7.90. The van der Waals surface area contributed by atoms with Gasteiger partial charge in [-0.3, -0.25) is 0 Å². The predicted octanol–water partition coefficient (Wildman–Crippen LogP) is 2.71. The van der Waals surface area contributed by atoms with Crippen LogP contribution in [0.25, 0.3) is 22.3 Å². The standard InChI is InChI=1S/C16H14N2O3S/c1-21-12-8-9-13-14(10-12)18-16(22(2,19)20)15(17-13)11-6-4-3-5-7-11/h3-10H,1-2H3. The molecule has 0 unspecified atom stereocenters. The van der Waals surface area contributed by atoms with E-state index >= 15 is 0 Å². The van der Waals surface area contributed by atoms with Crippen LogP contribution in [0.1, 0.15) is 0 Å². The lowest BCUT2D eigenvalue weighted by atomic mass is 10.1. The Morgan fingerprint density at radius 2 is 1.68 bits per heavy atom. The van der Waals surface area contributed by atoms with Crippen molar-refractivity contribution >= 4 is 20.9 Å². The van der Waals surface area contributed by atoms with Gasteiger partial charge in [-0.15, -0.1) is 0 Å². The van der Waals surface area contributed by atoms with E-state index in [9.17, 15) is 8.42 Å². The third-order valence-electron chi connectivity index (χ3n) is 3.24. The van der Waals surface area contributed by atoms with Gasteiger partial charge in [-0.1, -0.05) is 30.3 Å². The molecule has 1 heterocycles. The molecule has 0 radical (unpaired) electrons. The van der Waals surface area contributed by atoms with Gasteiger partial charge >= 0.3 is 0 Å². The topological polar surface area (TPSA) is 69.2 Å². The Morgan fingerprint density at radius 1 is 0.955 bits per heavy atom. The van der Waals surface area contributed by atoms with Crippen LogP contribution in [0.5, 0.6) is 5.75 Å². The number of ether oxygens (including phenoxy) is 1. The first-order valence-electron chi connectivity index (χ1n) is 6.60. The molecule has 0 saturated heterocycles. The SMILES string of the molecule is COc1ccc2nc(-c3ccccc3)c(S(C)(=O)=O)nc2c1. The second kappa shape index (κ2) is 5.38. The Kier molecular flexibility index (Phi) is 3.54. The Balaban J connectivity index is 2.35. The van der Waals surface area contributed by atoms with Crippen LogP contribution in [0.2, 0.25) is 0 Å². The Bertz CT molecular complexity index is 938. The first kappa shape index (κ1) is 14.5. The van der Waals surface area contributed by atoms with Gasteiger partial charge in [0.05, 0.1) is 18.1 Å². The van der Waals surface area contributed by atoms with Gasteiger partial charge in [0, 0.05) is 17.9 Å². The summed E-state index contributed by atoms with van der Waals surface area (Å²) in [5.41, 5.74) is 2.18. The van der Waals surface area contributed by atoms with Gasteiger partial charge in [0.1, 0.15) is 11.4 Å². The van der Waals surface area contributed by atoms with Crippen molar-refractivity contribution in [2.75, 3.05) is 13.4 Å². The van der Waals surface area contributed by atoms with Crippen LogP contribution in [-0.4, -0.2) is 31.8 Å². The number of nitrogens with zero attached hydrogens (tertiary/aromatic N) is 2. The number of rotatable bonds is 3. The number of sulfone groups is 1. The molecule has 112 valence electrons. The molecule has 0 aliphatic rings. The van der Waals surface area contributed by atoms with E-state index in [1.54, 1.807) is 25.3 Å². The molecule has 1 aromatic heterocycles. The van der Waals surface area contributed by atoms with Crippen LogP contribution in [0, 0.1) is 0 Å². The number of aromatic nitrogens is 2. The minimum atomic E-state index is -3.51. The van der Waals surface area contributed by atoms with Crippen LogP contribution in [0.3, 0.4) is 0 Å². The molecule has 0 atom stereocenters. The Hall–Kier alpha value is -2.47. The van der Waals surface area contributed by atoms with E-state index in [2.05, 4.69) is 9.97 Å². The summed E-state index contributed by atoms with van der Waals surface area (Å²) in [4.78, 5) is 8.79. The van der Waals surface area contributed by atoms with E-state index in [0.29, 0.717) is 28.0 Å². The van der Waals surface area contributed by atoms with Crippen LogP contribution < -0.4 is 4.74 Å². The van der Waals surface area contributed by atoms with Gasteiger partial charge in [0.25, 0.3) is 0 Å². The minimum absolute atomic E-state index is 0.0283. The van der Waals surface area contributed by atoms with Crippen molar-refractivity contribution in [2.24, 2.45) is 0 Å². The smallest absolute Gasteiger partial charge is 0.194 e. The number of hydrogen-bond donors (Lipinski definition) is 0. The van der Waals surface area contributed by atoms with Gasteiger partial charge in [-0.25, -0.2) is 18.4 Å². The van der Waals surface area contributed by atoms with Gasteiger partial charge in [-0.05, 0) is 12.1 Å². The molecule has 0 fully saturated rings. The summed E-state index contributed by atoms with van der Waals surface area (Å²) in [6.07, 6.45) is 1.13. The van der Waals surface area contributed by atoms with Crippen molar-refractivity contribution in [3.8, 4) is 17.0 Å². The largest absolute Gasteiger partial charge is 0.497 e. The zero-order valence-electron chi connectivity index (χ0n) is 12.1. The van der Waals surface area contributed by atoms with E-state index in [1.807, 2.05) is 30.3 Å². The molecule has 0 bridgehead atoms.